The van der Waals surface area contributed by atoms with Crippen LogP contribution in [0.25, 0.3) is 0 Å². The Morgan fingerprint density at radius 3 is 2.68 bits per heavy atom. The number of amides is 2. The Morgan fingerprint density at radius 1 is 1.36 bits per heavy atom. The van der Waals surface area contributed by atoms with Crippen LogP contribution in [0.15, 0.2) is 33.3 Å². The minimum atomic E-state index is -0.641. The standard InChI is InChI=1S/C15H18N2O5/c1-9-6-11(10(2)22-9)15(20)16-7-14(19)17-12(8-18)13-4-3-5-21-13/h3-6,12,18H,7-8H2,1-2H3,(H,16,20)(H,17,19). The van der Waals surface area contributed by atoms with Crippen molar-refractivity contribution < 1.29 is 23.5 Å². The van der Waals surface area contributed by atoms with Gasteiger partial charge in [0.2, 0.25) is 5.91 Å². The second kappa shape index (κ2) is 6.95. The number of rotatable bonds is 6. The van der Waals surface area contributed by atoms with E-state index in [1.54, 1.807) is 32.0 Å². The molecule has 0 aromatic carbocycles. The molecule has 1 atom stereocenters. The maximum atomic E-state index is 11.9. The van der Waals surface area contributed by atoms with Crippen LogP contribution < -0.4 is 10.6 Å². The van der Waals surface area contributed by atoms with E-state index < -0.39 is 11.9 Å². The summed E-state index contributed by atoms with van der Waals surface area (Å²) in [6, 6.07) is 4.28. The van der Waals surface area contributed by atoms with Crippen LogP contribution in [0.5, 0.6) is 0 Å². The first kappa shape index (κ1) is 15.8. The van der Waals surface area contributed by atoms with Crippen LogP contribution in [0, 0.1) is 13.8 Å². The van der Waals surface area contributed by atoms with Gasteiger partial charge in [-0.05, 0) is 32.0 Å². The molecule has 22 heavy (non-hydrogen) atoms. The largest absolute Gasteiger partial charge is 0.467 e. The third-order valence-corrected chi connectivity index (χ3v) is 3.10. The number of carbonyl (C=O) groups excluding carboxylic acids is 2. The lowest BCUT2D eigenvalue weighted by Gasteiger charge is -2.14. The van der Waals surface area contributed by atoms with Gasteiger partial charge >= 0.3 is 0 Å². The van der Waals surface area contributed by atoms with Crippen molar-refractivity contribution in [2.45, 2.75) is 19.9 Å². The second-order valence-corrected chi connectivity index (χ2v) is 4.83. The molecule has 2 heterocycles. The number of hydrogen-bond acceptors (Lipinski definition) is 5. The topological polar surface area (TPSA) is 105 Å². The van der Waals surface area contributed by atoms with E-state index in [2.05, 4.69) is 10.6 Å². The molecule has 0 bridgehead atoms. The molecule has 0 aliphatic rings. The predicted octanol–water partition coefficient (Wildman–Crippen LogP) is 1.07. The van der Waals surface area contributed by atoms with Crippen molar-refractivity contribution in [3.8, 4) is 0 Å². The third kappa shape index (κ3) is 3.76. The molecule has 0 saturated carbocycles. The zero-order valence-corrected chi connectivity index (χ0v) is 12.4. The van der Waals surface area contributed by atoms with E-state index in [0.717, 1.165) is 0 Å². The first-order chi connectivity index (χ1) is 10.5. The SMILES string of the molecule is Cc1cc(C(=O)NCC(=O)NC(CO)c2ccco2)c(C)o1. The Labute approximate surface area is 127 Å². The number of aryl methyl sites for hydroxylation is 2. The average Bonchev–Trinajstić information content (AvgIpc) is 3.11. The van der Waals surface area contributed by atoms with Crippen LogP contribution in [0.4, 0.5) is 0 Å². The van der Waals surface area contributed by atoms with Gasteiger partial charge in [-0.3, -0.25) is 9.59 Å². The van der Waals surface area contributed by atoms with Crippen LogP contribution >= 0.6 is 0 Å². The second-order valence-electron chi connectivity index (χ2n) is 4.83. The lowest BCUT2D eigenvalue weighted by atomic mass is 10.2. The highest BCUT2D eigenvalue weighted by atomic mass is 16.3. The summed E-state index contributed by atoms with van der Waals surface area (Å²) in [5.41, 5.74) is 0.398. The molecule has 7 heteroatoms. The fourth-order valence-corrected chi connectivity index (χ4v) is 2.05. The Kier molecular flexibility index (Phi) is 5.00. The number of carbonyl (C=O) groups is 2. The van der Waals surface area contributed by atoms with E-state index in [4.69, 9.17) is 8.83 Å². The van der Waals surface area contributed by atoms with Crippen molar-refractivity contribution in [3.63, 3.8) is 0 Å². The highest BCUT2D eigenvalue weighted by molar-refractivity contribution is 5.97. The first-order valence-corrected chi connectivity index (χ1v) is 6.80. The summed E-state index contributed by atoms with van der Waals surface area (Å²) in [6.45, 7) is 2.92. The van der Waals surface area contributed by atoms with Crippen LogP contribution in [0.1, 0.15) is 33.7 Å². The first-order valence-electron chi connectivity index (χ1n) is 6.80. The Hall–Kier alpha value is -2.54. The van der Waals surface area contributed by atoms with Crippen molar-refractivity contribution in [2.24, 2.45) is 0 Å². The highest BCUT2D eigenvalue weighted by Gasteiger charge is 2.18. The lowest BCUT2D eigenvalue weighted by molar-refractivity contribution is -0.121. The number of aliphatic hydroxyl groups is 1. The predicted molar refractivity (Wildman–Crippen MR) is 77.2 cm³/mol. The maximum absolute atomic E-state index is 11.9. The summed E-state index contributed by atoms with van der Waals surface area (Å²) in [4.78, 5) is 23.8. The van der Waals surface area contributed by atoms with Crippen molar-refractivity contribution in [2.75, 3.05) is 13.2 Å². The van der Waals surface area contributed by atoms with Gasteiger partial charge in [-0.1, -0.05) is 0 Å². The molecule has 0 aliphatic heterocycles. The Bertz CT molecular complexity index is 645. The molecule has 2 amide bonds. The molecule has 2 aromatic heterocycles. The summed E-state index contributed by atoms with van der Waals surface area (Å²) in [5, 5.41) is 14.3. The van der Waals surface area contributed by atoms with E-state index in [0.29, 0.717) is 22.8 Å². The summed E-state index contributed by atoms with van der Waals surface area (Å²) in [5.74, 6) is 0.762. The van der Waals surface area contributed by atoms with Gasteiger partial charge in [0.05, 0.1) is 25.0 Å². The van der Waals surface area contributed by atoms with E-state index >= 15 is 0 Å². The summed E-state index contributed by atoms with van der Waals surface area (Å²) in [7, 11) is 0. The number of hydrogen-bond donors (Lipinski definition) is 3. The summed E-state index contributed by atoms with van der Waals surface area (Å²) in [6.07, 6.45) is 1.45. The van der Waals surface area contributed by atoms with E-state index in [1.165, 1.54) is 6.26 Å². The molecule has 2 rings (SSSR count). The number of furan rings is 2. The zero-order chi connectivity index (χ0) is 16.1. The van der Waals surface area contributed by atoms with Crippen LogP contribution in [0.2, 0.25) is 0 Å². The lowest BCUT2D eigenvalue weighted by Crippen LogP contribution is -2.39. The smallest absolute Gasteiger partial charge is 0.255 e. The van der Waals surface area contributed by atoms with Gasteiger partial charge in [-0.15, -0.1) is 0 Å². The molecule has 0 radical (unpaired) electrons. The van der Waals surface area contributed by atoms with Crippen LogP contribution in [-0.4, -0.2) is 30.1 Å². The van der Waals surface area contributed by atoms with E-state index in [9.17, 15) is 14.7 Å². The normalized spacial score (nSPS) is 12.0. The van der Waals surface area contributed by atoms with Gasteiger partial charge in [0.25, 0.3) is 5.91 Å². The van der Waals surface area contributed by atoms with Gasteiger partial charge in [0, 0.05) is 0 Å². The van der Waals surface area contributed by atoms with Crippen LogP contribution in [-0.2, 0) is 4.79 Å². The minimum Gasteiger partial charge on any atom is -0.467 e. The molecule has 3 N–H and O–H groups in total. The van der Waals surface area contributed by atoms with Gasteiger partial charge in [-0.2, -0.15) is 0 Å². The molecule has 0 aliphatic carbocycles. The molecule has 2 aromatic rings. The quantitative estimate of drug-likeness (QED) is 0.740. The van der Waals surface area contributed by atoms with E-state index in [1.807, 2.05) is 0 Å². The van der Waals surface area contributed by atoms with Gasteiger partial charge < -0.3 is 24.6 Å². The summed E-state index contributed by atoms with van der Waals surface area (Å²) < 4.78 is 10.4. The monoisotopic (exact) mass is 306 g/mol. The fraction of sp³-hybridized carbons (Fsp3) is 0.333. The Morgan fingerprint density at radius 2 is 2.14 bits per heavy atom. The molecule has 0 fully saturated rings. The molecule has 0 saturated heterocycles. The summed E-state index contributed by atoms with van der Waals surface area (Å²) >= 11 is 0. The average molecular weight is 306 g/mol. The van der Waals surface area contributed by atoms with Crippen molar-refractivity contribution in [1.82, 2.24) is 10.6 Å². The zero-order valence-electron chi connectivity index (χ0n) is 12.4. The van der Waals surface area contributed by atoms with Crippen molar-refractivity contribution in [1.29, 1.82) is 0 Å². The number of aliphatic hydroxyl groups excluding tert-OH is 1. The molecular weight excluding hydrogens is 288 g/mol. The Balaban J connectivity index is 1.87. The molecule has 1 unspecified atom stereocenters. The van der Waals surface area contributed by atoms with Gasteiger partial charge in [0.1, 0.15) is 23.3 Å². The molecule has 0 spiro atoms. The third-order valence-electron chi connectivity index (χ3n) is 3.10. The molecule has 7 nitrogen and oxygen atoms in total. The molecular formula is C15H18N2O5. The fourth-order valence-electron chi connectivity index (χ4n) is 2.05. The van der Waals surface area contributed by atoms with Crippen molar-refractivity contribution >= 4 is 11.8 Å². The number of nitrogens with one attached hydrogen (secondary N) is 2. The minimum absolute atomic E-state index is 0.209. The maximum Gasteiger partial charge on any atom is 0.255 e. The van der Waals surface area contributed by atoms with Gasteiger partial charge in [0.15, 0.2) is 0 Å². The van der Waals surface area contributed by atoms with Crippen LogP contribution in [0.3, 0.4) is 0 Å². The van der Waals surface area contributed by atoms with E-state index in [-0.39, 0.29) is 19.1 Å². The van der Waals surface area contributed by atoms with Crippen molar-refractivity contribution in [3.05, 3.63) is 47.3 Å². The van der Waals surface area contributed by atoms with Gasteiger partial charge in [-0.25, -0.2) is 0 Å². The highest BCUT2D eigenvalue weighted by Crippen LogP contribution is 2.14. The molecule has 118 valence electrons.